The van der Waals surface area contributed by atoms with Gasteiger partial charge in [0.05, 0.1) is 11.2 Å². The van der Waals surface area contributed by atoms with E-state index in [4.69, 9.17) is 0 Å². The predicted molar refractivity (Wildman–Crippen MR) is 117 cm³/mol. The second-order valence-electron chi connectivity index (χ2n) is 7.68. The third-order valence-electron chi connectivity index (χ3n) is 5.62. The van der Waals surface area contributed by atoms with Crippen LogP contribution in [0.3, 0.4) is 0 Å². The number of hydrogen-bond acceptors (Lipinski definition) is 6. The van der Waals surface area contributed by atoms with Crippen molar-refractivity contribution in [1.82, 2.24) is 15.1 Å². The summed E-state index contributed by atoms with van der Waals surface area (Å²) in [5.41, 5.74) is 1.20. The zero-order chi connectivity index (χ0) is 22.1. The standard InChI is InChI=1S/C19H22FN5O3.BHS/c1-21-18(28)25(4-3-5-26)17-13-6-14(20)16(7-15(13)23(2)22-17)24-10-19(11-24)8-12(27)9-19;1-2/h5-7H,3-4,8-11H2,1-2H3,(H,21,28);2H. The molecule has 1 aromatic carbocycles. The second kappa shape index (κ2) is 8.67. The van der Waals surface area contributed by atoms with E-state index in [1.165, 1.54) is 18.0 Å². The minimum Gasteiger partial charge on any atom is -0.368 e. The Morgan fingerprint density at radius 3 is 2.63 bits per heavy atom. The van der Waals surface area contributed by atoms with Crippen LogP contribution in [0.2, 0.25) is 0 Å². The van der Waals surface area contributed by atoms with Crippen LogP contribution in [0.4, 0.5) is 20.7 Å². The van der Waals surface area contributed by atoms with Crippen LogP contribution in [-0.4, -0.2) is 61.7 Å². The number of carbonyl (C=O) groups is 3. The molecule has 1 N–H and O–H groups in total. The van der Waals surface area contributed by atoms with Gasteiger partial charge in [0.2, 0.25) is 0 Å². The fourth-order valence-corrected chi connectivity index (χ4v) is 4.25. The van der Waals surface area contributed by atoms with Crippen LogP contribution in [0, 0.1) is 11.2 Å². The summed E-state index contributed by atoms with van der Waals surface area (Å²) in [6, 6.07) is 2.71. The van der Waals surface area contributed by atoms with E-state index in [2.05, 4.69) is 30.0 Å². The average Bonchev–Trinajstić information content (AvgIpc) is 3.00. The summed E-state index contributed by atoms with van der Waals surface area (Å²) in [6.45, 7) is 1.51. The van der Waals surface area contributed by atoms with Crippen LogP contribution in [0.15, 0.2) is 12.1 Å². The highest BCUT2D eigenvalue weighted by Gasteiger charge is 2.52. The zero-order valence-electron chi connectivity index (χ0n) is 16.9. The quantitative estimate of drug-likeness (QED) is 0.427. The topological polar surface area (TPSA) is 87.5 Å². The van der Waals surface area contributed by atoms with Crippen molar-refractivity contribution in [3.05, 3.63) is 17.9 Å². The Morgan fingerprint density at radius 2 is 2.07 bits per heavy atom. The fourth-order valence-electron chi connectivity index (χ4n) is 4.25. The molecule has 2 heterocycles. The molecule has 2 fully saturated rings. The SMILES string of the molecule is CNC(=O)N(CCC=O)c1nn(C)c2cc(N3CC4(CC(=O)C4)C3)c(F)cc12.[B]S. The zero-order valence-corrected chi connectivity index (χ0v) is 17.8. The summed E-state index contributed by atoms with van der Waals surface area (Å²) in [5, 5.41) is 7.43. The Balaban J connectivity index is 0.00000124. The van der Waals surface area contributed by atoms with Crippen LogP contribution in [0.1, 0.15) is 19.3 Å². The van der Waals surface area contributed by atoms with Gasteiger partial charge in [0.1, 0.15) is 17.9 Å². The van der Waals surface area contributed by atoms with E-state index in [0.29, 0.717) is 48.3 Å². The Hall–Kier alpha value is -2.56. The highest BCUT2D eigenvalue weighted by atomic mass is 32.1. The van der Waals surface area contributed by atoms with E-state index in [1.807, 2.05) is 4.90 Å². The van der Waals surface area contributed by atoms with Gasteiger partial charge in [-0.25, -0.2) is 21.7 Å². The predicted octanol–water partition coefficient (Wildman–Crippen LogP) is 1.62. The van der Waals surface area contributed by atoms with Crippen LogP contribution in [0.25, 0.3) is 10.9 Å². The monoisotopic (exact) mass is 431 g/mol. The maximum Gasteiger partial charge on any atom is 0.322 e. The first kappa shape index (κ1) is 22.1. The lowest BCUT2D eigenvalue weighted by Gasteiger charge is -2.55. The highest BCUT2D eigenvalue weighted by Crippen LogP contribution is 2.48. The maximum atomic E-state index is 14.9. The maximum absolute atomic E-state index is 14.9. The number of carbonyl (C=O) groups excluding carboxylic acids is 3. The van der Waals surface area contributed by atoms with Gasteiger partial charge in [-0.3, -0.25) is 14.4 Å². The number of aldehydes is 1. The van der Waals surface area contributed by atoms with Gasteiger partial charge < -0.3 is 15.0 Å². The third kappa shape index (κ3) is 3.78. The van der Waals surface area contributed by atoms with Crippen molar-refractivity contribution in [2.24, 2.45) is 12.5 Å². The number of nitrogens with one attached hydrogen (secondary N) is 1. The van der Waals surface area contributed by atoms with E-state index in [-0.39, 0.29) is 24.2 Å². The first-order valence-corrected chi connectivity index (χ1v) is 10.0. The molecule has 2 amide bonds. The van der Waals surface area contributed by atoms with E-state index in [9.17, 15) is 18.8 Å². The largest absolute Gasteiger partial charge is 0.368 e. The smallest absolute Gasteiger partial charge is 0.322 e. The summed E-state index contributed by atoms with van der Waals surface area (Å²) in [4.78, 5) is 37.6. The molecule has 1 aliphatic carbocycles. The number of nitrogens with zero attached hydrogens (tertiary/aromatic N) is 4. The molecule has 1 aromatic heterocycles. The van der Waals surface area contributed by atoms with Gasteiger partial charge in [-0.2, -0.15) is 5.10 Å². The van der Waals surface area contributed by atoms with Gasteiger partial charge in [-0.05, 0) is 12.1 Å². The summed E-state index contributed by atoms with van der Waals surface area (Å²) >= 11 is 3.03. The molecule has 1 saturated heterocycles. The molecule has 11 heteroatoms. The molecule has 0 atom stereocenters. The third-order valence-corrected chi connectivity index (χ3v) is 5.62. The number of Topliss-reactive ketones (excluding diaryl/α,β-unsaturated/α-hetero) is 1. The number of hydrogen-bond donors (Lipinski definition) is 2. The molecular formula is C19H23BFN5O3S. The molecule has 1 saturated carbocycles. The van der Waals surface area contributed by atoms with Crippen molar-refractivity contribution < 1.29 is 18.8 Å². The highest BCUT2D eigenvalue weighted by molar-refractivity contribution is 8.03. The molecular weight excluding hydrogens is 408 g/mol. The molecule has 158 valence electrons. The van der Waals surface area contributed by atoms with Crippen LogP contribution in [-0.2, 0) is 16.6 Å². The normalized spacial score (nSPS) is 16.4. The number of ketones is 1. The molecule has 0 bridgehead atoms. The van der Waals surface area contributed by atoms with E-state index >= 15 is 0 Å². The Kier molecular flexibility index (Phi) is 6.40. The molecule has 2 aliphatic rings. The Bertz CT molecular complexity index is 982. The number of benzene rings is 1. The number of rotatable bonds is 5. The fraction of sp³-hybridized carbons (Fsp3) is 0.474. The first-order valence-electron chi connectivity index (χ1n) is 9.49. The number of urea groups is 1. The summed E-state index contributed by atoms with van der Waals surface area (Å²) in [6.07, 6.45) is 2.05. The summed E-state index contributed by atoms with van der Waals surface area (Å²) in [5.74, 6) is 0.194. The van der Waals surface area contributed by atoms with Crippen LogP contribution in [0.5, 0.6) is 0 Å². The van der Waals surface area contributed by atoms with Crippen LogP contribution >= 0.6 is 12.5 Å². The van der Waals surface area contributed by atoms with E-state index in [1.54, 1.807) is 17.8 Å². The van der Waals surface area contributed by atoms with Gasteiger partial charge in [-0.15, -0.1) is 0 Å². The van der Waals surface area contributed by atoms with Crippen molar-refractivity contribution in [2.45, 2.75) is 19.3 Å². The molecule has 2 radical (unpaired) electrons. The Morgan fingerprint density at radius 1 is 1.40 bits per heavy atom. The lowest BCUT2D eigenvalue weighted by Crippen LogP contribution is -2.63. The molecule has 0 unspecified atom stereocenters. The molecule has 30 heavy (non-hydrogen) atoms. The summed E-state index contributed by atoms with van der Waals surface area (Å²) < 4.78 is 16.5. The number of aromatic nitrogens is 2. The second-order valence-corrected chi connectivity index (χ2v) is 7.68. The minimum atomic E-state index is -0.411. The number of anilines is 2. The molecule has 2 aromatic rings. The molecule has 1 spiro atoms. The van der Waals surface area contributed by atoms with Gasteiger partial charge in [-0.1, -0.05) is 0 Å². The number of thiol groups is 1. The number of halogens is 1. The van der Waals surface area contributed by atoms with Crippen molar-refractivity contribution in [3.63, 3.8) is 0 Å². The van der Waals surface area contributed by atoms with Crippen molar-refractivity contribution >= 4 is 60.1 Å². The first-order chi connectivity index (χ1) is 14.4. The molecule has 8 nitrogen and oxygen atoms in total. The van der Waals surface area contributed by atoms with Gasteiger partial charge in [0, 0.05) is 63.8 Å². The Labute approximate surface area is 180 Å². The summed E-state index contributed by atoms with van der Waals surface area (Å²) in [7, 11) is 7.42. The number of aryl methyl sites for hydroxylation is 1. The van der Waals surface area contributed by atoms with Gasteiger partial charge in [0.25, 0.3) is 0 Å². The lowest BCUT2D eigenvalue weighted by atomic mass is 9.62. The van der Waals surface area contributed by atoms with Crippen molar-refractivity contribution in [3.8, 4) is 0 Å². The van der Waals surface area contributed by atoms with Crippen molar-refractivity contribution in [2.75, 3.05) is 36.5 Å². The minimum absolute atomic E-state index is 0.0287. The van der Waals surface area contributed by atoms with E-state index in [0.717, 1.165) is 6.29 Å². The van der Waals surface area contributed by atoms with E-state index < -0.39 is 11.8 Å². The average molecular weight is 431 g/mol. The van der Waals surface area contributed by atoms with Gasteiger partial charge in [0.15, 0.2) is 12.9 Å². The molecule has 1 aliphatic heterocycles. The molecule has 4 rings (SSSR count). The van der Waals surface area contributed by atoms with Crippen molar-refractivity contribution in [1.29, 1.82) is 0 Å². The number of fused-ring (bicyclic) bond motifs is 1. The van der Waals surface area contributed by atoms with Gasteiger partial charge >= 0.3 is 6.03 Å². The lowest BCUT2D eigenvalue weighted by molar-refractivity contribution is -0.134. The number of amides is 2. The van der Waals surface area contributed by atoms with Crippen LogP contribution < -0.4 is 15.1 Å².